The summed E-state index contributed by atoms with van der Waals surface area (Å²) in [7, 11) is 3.41. The van der Waals surface area contributed by atoms with E-state index in [1.165, 1.54) is 0 Å². The van der Waals surface area contributed by atoms with E-state index in [0.29, 0.717) is 17.5 Å². The van der Waals surface area contributed by atoms with Gasteiger partial charge in [-0.25, -0.2) is 15.0 Å². The summed E-state index contributed by atoms with van der Waals surface area (Å²) in [5.74, 6) is 0.764. The molecule has 0 saturated carbocycles. The van der Waals surface area contributed by atoms with E-state index in [9.17, 15) is 10.1 Å². The highest BCUT2D eigenvalue weighted by molar-refractivity contribution is 5.66. The Morgan fingerprint density at radius 1 is 1.44 bits per heavy atom. The number of aromatic nitrogens is 4. The van der Waals surface area contributed by atoms with E-state index in [0.717, 1.165) is 0 Å². The minimum atomic E-state index is -0.487. The van der Waals surface area contributed by atoms with Crippen molar-refractivity contribution in [1.82, 2.24) is 19.5 Å². The van der Waals surface area contributed by atoms with E-state index in [-0.39, 0.29) is 11.4 Å². The topological polar surface area (TPSA) is 98.8 Å². The van der Waals surface area contributed by atoms with E-state index >= 15 is 0 Å². The molecule has 2 rings (SSSR count). The van der Waals surface area contributed by atoms with Gasteiger partial charge in [-0.3, -0.25) is 10.1 Å². The summed E-state index contributed by atoms with van der Waals surface area (Å²) in [6, 6.07) is 0. The Balaban J connectivity index is 2.74. The first kappa shape index (κ1) is 12.0. The predicted molar refractivity (Wildman–Crippen MR) is 65.2 cm³/mol. The third-order valence-electron chi connectivity index (χ3n) is 2.50. The van der Waals surface area contributed by atoms with Crippen LogP contribution in [0.5, 0.6) is 0 Å². The molecule has 2 heterocycles. The molecule has 0 aliphatic rings. The molecule has 94 valence electrons. The molecule has 2 aromatic heterocycles. The number of nitrogens with zero attached hydrogens (tertiary/aromatic N) is 5. The normalized spacial score (nSPS) is 10.4. The molecule has 8 nitrogen and oxygen atoms in total. The number of imidazole rings is 1. The highest BCUT2D eigenvalue weighted by atomic mass is 16.6. The van der Waals surface area contributed by atoms with Gasteiger partial charge in [0.05, 0.1) is 4.92 Å². The number of rotatable bonds is 3. The van der Waals surface area contributed by atoms with Gasteiger partial charge >= 0.3 is 5.69 Å². The van der Waals surface area contributed by atoms with Crippen molar-refractivity contribution in [2.24, 2.45) is 7.05 Å². The lowest BCUT2D eigenvalue weighted by Crippen LogP contribution is -2.07. The lowest BCUT2D eigenvalue weighted by atomic mass is 10.2. The van der Waals surface area contributed by atoms with Gasteiger partial charge in [0.1, 0.15) is 5.69 Å². The first-order valence-corrected chi connectivity index (χ1v) is 5.23. The fourth-order valence-electron chi connectivity index (χ4n) is 1.65. The van der Waals surface area contributed by atoms with Crippen LogP contribution in [-0.2, 0) is 7.05 Å². The van der Waals surface area contributed by atoms with Crippen LogP contribution in [0.3, 0.4) is 0 Å². The van der Waals surface area contributed by atoms with E-state index in [1.54, 1.807) is 38.0 Å². The third-order valence-corrected chi connectivity index (χ3v) is 2.50. The zero-order valence-corrected chi connectivity index (χ0v) is 10.2. The van der Waals surface area contributed by atoms with E-state index in [4.69, 9.17) is 0 Å². The van der Waals surface area contributed by atoms with Gasteiger partial charge in [-0.1, -0.05) is 0 Å². The van der Waals surface area contributed by atoms with Crippen LogP contribution in [0.1, 0.15) is 5.69 Å². The summed E-state index contributed by atoms with van der Waals surface area (Å²) in [6.45, 7) is 1.58. The van der Waals surface area contributed by atoms with Crippen LogP contribution >= 0.6 is 0 Å². The fourth-order valence-corrected chi connectivity index (χ4v) is 1.65. The summed E-state index contributed by atoms with van der Waals surface area (Å²) in [4.78, 5) is 22.9. The quantitative estimate of drug-likeness (QED) is 0.645. The zero-order valence-electron chi connectivity index (χ0n) is 10.2. The fraction of sp³-hybridized carbons (Fsp3) is 0.300. The molecule has 0 atom stereocenters. The molecular formula is C10H12N6O2. The number of hydrogen-bond acceptors (Lipinski definition) is 6. The van der Waals surface area contributed by atoms with Crippen LogP contribution in [0, 0.1) is 17.0 Å². The van der Waals surface area contributed by atoms with Gasteiger partial charge in [0, 0.05) is 26.5 Å². The maximum absolute atomic E-state index is 11.1. The van der Waals surface area contributed by atoms with Crippen molar-refractivity contribution in [2.75, 3.05) is 12.4 Å². The number of nitrogens with one attached hydrogen (secondary N) is 1. The van der Waals surface area contributed by atoms with Crippen molar-refractivity contribution < 1.29 is 4.92 Å². The first-order chi connectivity index (χ1) is 8.54. The minimum Gasteiger partial charge on any atom is -0.357 e. The molecule has 18 heavy (non-hydrogen) atoms. The average Bonchev–Trinajstić information content (AvgIpc) is 2.73. The Hall–Kier alpha value is -2.51. The Morgan fingerprint density at radius 3 is 2.67 bits per heavy atom. The van der Waals surface area contributed by atoms with Crippen LogP contribution < -0.4 is 5.32 Å². The van der Waals surface area contributed by atoms with Gasteiger partial charge in [0.2, 0.25) is 5.95 Å². The lowest BCUT2D eigenvalue weighted by Gasteiger charge is -2.06. The van der Waals surface area contributed by atoms with Gasteiger partial charge < -0.3 is 9.88 Å². The summed E-state index contributed by atoms with van der Waals surface area (Å²) in [5, 5.41) is 13.9. The molecule has 0 bridgehead atoms. The number of anilines is 1. The molecule has 2 aromatic rings. The first-order valence-electron chi connectivity index (χ1n) is 5.23. The van der Waals surface area contributed by atoms with Crippen molar-refractivity contribution in [2.45, 2.75) is 6.92 Å². The smallest absolute Gasteiger partial charge is 0.319 e. The highest BCUT2D eigenvalue weighted by Crippen LogP contribution is 2.29. The molecule has 0 aliphatic heterocycles. The Morgan fingerprint density at radius 2 is 2.17 bits per heavy atom. The Kier molecular flexibility index (Phi) is 2.92. The third kappa shape index (κ3) is 1.88. The second kappa shape index (κ2) is 4.40. The largest absolute Gasteiger partial charge is 0.357 e. The predicted octanol–water partition coefficient (Wildman–Crippen LogP) is 1.14. The monoisotopic (exact) mass is 248 g/mol. The Bertz CT molecular complexity index is 606. The van der Waals surface area contributed by atoms with Crippen molar-refractivity contribution >= 4 is 11.6 Å². The van der Waals surface area contributed by atoms with Crippen LogP contribution in [-0.4, -0.2) is 31.5 Å². The van der Waals surface area contributed by atoms with Crippen molar-refractivity contribution in [3.8, 4) is 11.5 Å². The standard InChI is InChI=1S/C10H12N6O2/c1-6-8(16(17)18)7(14-10(11-2)13-6)9-12-4-5-15(9)3/h4-5H,1-3H3,(H,11,13,14). The second-order valence-electron chi connectivity index (χ2n) is 3.70. The molecule has 0 fully saturated rings. The molecule has 1 N–H and O–H groups in total. The summed E-state index contributed by atoms with van der Waals surface area (Å²) >= 11 is 0. The van der Waals surface area contributed by atoms with E-state index in [1.807, 2.05) is 0 Å². The number of nitro groups is 1. The van der Waals surface area contributed by atoms with Crippen LogP contribution in [0.4, 0.5) is 11.6 Å². The van der Waals surface area contributed by atoms with Crippen LogP contribution in [0.15, 0.2) is 12.4 Å². The molecule has 0 amide bonds. The molecule has 0 spiro atoms. The minimum absolute atomic E-state index is 0.122. The molecule has 8 heteroatoms. The lowest BCUT2D eigenvalue weighted by molar-refractivity contribution is -0.385. The van der Waals surface area contributed by atoms with Gasteiger partial charge in [-0.2, -0.15) is 0 Å². The van der Waals surface area contributed by atoms with Crippen LogP contribution in [0.2, 0.25) is 0 Å². The highest BCUT2D eigenvalue weighted by Gasteiger charge is 2.25. The number of aryl methyl sites for hydroxylation is 2. The summed E-state index contributed by atoms with van der Waals surface area (Å²) < 4.78 is 1.67. The van der Waals surface area contributed by atoms with Gasteiger partial charge in [0.15, 0.2) is 11.5 Å². The van der Waals surface area contributed by atoms with Crippen molar-refractivity contribution in [1.29, 1.82) is 0 Å². The SMILES string of the molecule is CNc1nc(C)c([N+](=O)[O-])c(-c2nccn2C)n1. The van der Waals surface area contributed by atoms with Crippen LogP contribution in [0.25, 0.3) is 11.5 Å². The van der Waals surface area contributed by atoms with Gasteiger partial charge in [0.25, 0.3) is 0 Å². The Labute approximate surface area is 103 Å². The summed E-state index contributed by atoms with van der Waals surface area (Å²) in [6.07, 6.45) is 3.27. The van der Waals surface area contributed by atoms with E-state index < -0.39 is 4.92 Å². The van der Waals surface area contributed by atoms with E-state index in [2.05, 4.69) is 20.3 Å². The molecule has 0 radical (unpaired) electrons. The van der Waals surface area contributed by atoms with Gasteiger partial charge in [-0.15, -0.1) is 0 Å². The number of hydrogen-bond donors (Lipinski definition) is 1. The molecular weight excluding hydrogens is 236 g/mol. The zero-order chi connectivity index (χ0) is 13.3. The maximum atomic E-state index is 11.1. The molecule has 0 aromatic carbocycles. The van der Waals surface area contributed by atoms with Gasteiger partial charge in [-0.05, 0) is 6.92 Å². The second-order valence-corrected chi connectivity index (χ2v) is 3.70. The maximum Gasteiger partial charge on any atom is 0.319 e. The van der Waals surface area contributed by atoms with Crippen molar-refractivity contribution in [3.05, 3.63) is 28.2 Å². The molecule has 0 unspecified atom stereocenters. The van der Waals surface area contributed by atoms with Crippen molar-refractivity contribution in [3.63, 3.8) is 0 Å². The average molecular weight is 248 g/mol. The molecule has 0 saturated heterocycles. The molecule has 0 aliphatic carbocycles. The summed E-state index contributed by atoms with van der Waals surface area (Å²) in [5.41, 5.74) is 0.394.